The highest BCUT2D eigenvalue weighted by Crippen LogP contribution is 2.63. The topological polar surface area (TPSA) is 55.9 Å². The van der Waals surface area contributed by atoms with Crippen molar-refractivity contribution in [2.24, 2.45) is 0 Å². The summed E-state index contributed by atoms with van der Waals surface area (Å²) >= 11 is 0. The maximum atomic E-state index is 15.0. The van der Waals surface area contributed by atoms with E-state index in [0.29, 0.717) is 0 Å². The van der Waals surface area contributed by atoms with Crippen molar-refractivity contribution in [3.63, 3.8) is 0 Å². The highest BCUT2D eigenvalue weighted by Gasteiger charge is 2.58. The molecule has 2 heterocycles. The Labute approximate surface area is 187 Å². The molecule has 1 aromatic carbocycles. The molecule has 4 rings (SSSR count). The molecule has 0 unspecified atom stereocenters. The fraction of sp³-hybridized carbons (Fsp3) is 0.708. The Balaban J connectivity index is 1.75. The van der Waals surface area contributed by atoms with Crippen molar-refractivity contribution in [1.29, 1.82) is 0 Å². The molecule has 1 amide bonds. The first-order chi connectivity index (χ1) is 14.8. The van der Waals surface area contributed by atoms with Crippen LogP contribution in [-0.2, 0) is 9.36 Å². The van der Waals surface area contributed by atoms with Gasteiger partial charge in [0, 0.05) is 37.3 Å². The van der Waals surface area contributed by atoms with E-state index in [1.165, 1.54) is 12.8 Å². The molecule has 6 nitrogen and oxygen atoms in total. The summed E-state index contributed by atoms with van der Waals surface area (Å²) in [5, 5.41) is 3.52. The van der Waals surface area contributed by atoms with Gasteiger partial charge in [0.15, 0.2) is 0 Å². The van der Waals surface area contributed by atoms with Crippen molar-refractivity contribution in [3.05, 3.63) is 35.9 Å². The van der Waals surface area contributed by atoms with Gasteiger partial charge in [-0.2, -0.15) is 0 Å². The van der Waals surface area contributed by atoms with E-state index < -0.39 is 13.6 Å². The van der Waals surface area contributed by atoms with Crippen molar-refractivity contribution in [2.45, 2.75) is 96.4 Å². The van der Waals surface area contributed by atoms with Crippen molar-refractivity contribution in [2.75, 3.05) is 13.1 Å². The van der Waals surface area contributed by atoms with E-state index in [1.54, 1.807) is 0 Å². The zero-order valence-corrected chi connectivity index (χ0v) is 20.4. The van der Waals surface area contributed by atoms with Gasteiger partial charge in [0.25, 0.3) is 7.59 Å². The summed E-state index contributed by atoms with van der Waals surface area (Å²) in [6.07, 6.45) is 6.62. The van der Waals surface area contributed by atoms with Crippen LogP contribution in [-0.4, -0.2) is 57.4 Å². The number of nitrogens with zero attached hydrogens (tertiary/aromatic N) is 3. The van der Waals surface area contributed by atoms with Crippen molar-refractivity contribution < 1.29 is 9.36 Å². The lowest BCUT2D eigenvalue weighted by Crippen LogP contribution is -2.44. The lowest BCUT2D eigenvalue weighted by Gasteiger charge is -2.39. The van der Waals surface area contributed by atoms with E-state index in [1.807, 2.05) is 35.2 Å². The minimum Gasteiger partial charge on any atom is -0.341 e. The lowest BCUT2D eigenvalue weighted by molar-refractivity contribution is -0.132. The largest absolute Gasteiger partial charge is 0.341 e. The van der Waals surface area contributed by atoms with Gasteiger partial charge in [0.1, 0.15) is 6.04 Å². The lowest BCUT2D eigenvalue weighted by atomic mass is 9.89. The van der Waals surface area contributed by atoms with E-state index >= 15 is 0 Å². The summed E-state index contributed by atoms with van der Waals surface area (Å²) in [6.45, 7) is 10.2. The van der Waals surface area contributed by atoms with Crippen LogP contribution in [0.1, 0.15) is 77.8 Å². The van der Waals surface area contributed by atoms with Crippen LogP contribution in [0.2, 0.25) is 0 Å². The number of hydrogen-bond donors (Lipinski definition) is 1. The summed E-state index contributed by atoms with van der Waals surface area (Å²) < 4.78 is 19.5. The van der Waals surface area contributed by atoms with Gasteiger partial charge in [-0.05, 0) is 58.9 Å². The molecule has 2 aliphatic heterocycles. The third kappa shape index (κ3) is 4.25. The van der Waals surface area contributed by atoms with Crippen LogP contribution in [0.4, 0.5) is 0 Å². The second kappa shape index (κ2) is 9.35. The normalized spacial score (nSPS) is 27.7. The Morgan fingerprint density at radius 2 is 1.42 bits per heavy atom. The molecule has 2 saturated heterocycles. The first-order valence-corrected chi connectivity index (χ1v) is 13.7. The number of amides is 1. The Bertz CT molecular complexity index is 781. The molecule has 3 aliphatic rings. The number of hydrogen-bond acceptors (Lipinski definition) is 2. The summed E-state index contributed by atoms with van der Waals surface area (Å²) in [5.41, 5.74) is 0.900. The smallest absolute Gasteiger partial charge is 0.286 e. The molecule has 1 saturated carbocycles. The van der Waals surface area contributed by atoms with Crippen LogP contribution in [0.5, 0.6) is 0 Å². The van der Waals surface area contributed by atoms with Gasteiger partial charge in [0.2, 0.25) is 5.91 Å². The Kier molecular flexibility index (Phi) is 6.93. The fourth-order valence-corrected chi connectivity index (χ4v) is 9.66. The van der Waals surface area contributed by atoms with Crippen molar-refractivity contribution in [3.8, 4) is 0 Å². The molecule has 172 valence electrons. The van der Waals surface area contributed by atoms with Gasteiger partial charge >= 0.3 is 0 Å². The van der Waals surface area contributed by atoms with Gasteiger partial charge in [-0.3, -0.25) is 9.36 Å². The fourth-order valence-electron chi connectivity index (χ4n) is 5.96. The van der Waals surface area contributed by atoms with E-state index in [2.05, 4.69) is 42.1 Å². The van der Waals surface area contributed by atoms with Crippen LogP contribution >= 0.6 is 7.59 Å². The number of carbonyl (C=O) groups excluding carboxylic acids is 1. The van der Waals surface area contributed by atoms with Crippen LogP contribution in [0.3, 0.4) is 0 Å². The van der Waals surface area contributed by atoms with Crippen molar-refractivity contribution >= 4 is 13.5 Å². The zero-order chi connectivity index (χ0) is 22.2. The number of benzene rings is 1. The SMILES string of the molecule is CC(C)N1[C@@H]2CCCC[C@H]2N(C(C)C)P1(=O)N[C@H](C(=O)N1CCCC1)c1ccccc1. The van der Waals surface area contributed by atoms with E-state index in [-0.39, 0.29) is 30.1 Å². The molecule has 0 aromatic heterocycles. The van der Waals surface area contributed by atoms with E-state index in [4.69, 9.17) is 0 Å². The molecular weight excluding hydrogens is 407 g/mol. The number of fused-ring (bicyclic) bond motifs is 1. The third-order valence-electron chi connectivity index (χ3n) is 7.15. The second-order valence-corrected chi connectivity index (χ2v) is 12.2. The number of likely N-dealkylation sites (tertiary alicyclic amines) is 1. The Morgan fingerprint density at radius 1 is 0.903 bits per heavy atom. The van der Waals surface area contributed by atoms with E-state index in [9.17, 15) is 9.36 Å². The van der Waals surface area contributed by atoms with Crippen LogP contribution in [0.25, 0.3) is 0 Å². The monoisotopic (exact) mass is 446 g/mol. The number of carbonyl (C=O) groups is 1. The van der Waals surface area contributed by atoms with Crippen LogP contribution in [0.15, 0.2) is 30.3 Å². The number of rotatable bonds is 6. The molecular formula is C24H39N4O2P. The summed E-state index contributed by atoms with van der Waals surface area (Å²) in [6, 6.07) is 10.1. The van der Waals surface area contributed by atoms with Gasteiger partial charge in [-0.15, -0.1) is 0 Å². The first kappa shape index (κ1) is 23.0. The Hall–Kier alpha value is -1.20. The molecule has 0 radical (unpaired) electrons. The van der Waals surface area contributed by atoms with Crippen molar-refractivity contribution in [1.82, 2.24) is 19.3 Å². The third-order valence-corrected chi connectivity index (χ3v) is 10.5. The minimum absolute atomic E-state index is 0.0567. The number of nitrogens with one attached hydrogen (secondary N) is 1. The maximum absolute atomic E-state index is 15.0. The summed E-state index contributed by atoms with van der Waals surface area (Å²) in [5.74, 6) is 0.0567. The standard InChI is InChI=1S/C24H39N4O2P/c1-18(2)27-21-14-8-9-15-22(21)28(19(3)4)31(27,30)25-23(20-12-6-5-7-13-20)24(29)26-16-10-11-17-26/h5-7,12-13,18-19,21-23H,8-11,14-17H2,1-4H3,(H,25,30)/t21-,22-,23+/m1/s1. The van der Waals surface area contributed by atoms with Gasteiger partial charge < -0.3 is 4.90 Å². The molecule has 31 heavy (non-hydrogen) atoms. The average Bonchev–Trinajstić information content (AvgIpc) is 3.36. The first-order valence-electron chi connectivity index (χ1n) is 12.1. The van der Waals surface area contributed by atoms with Crippen LogP contribution < -0.4 is 5.09 Å². The molecule has 0 bridgehead atoms. The predicted octanol–water partition coefficient (Wildman–Crippen LogP) is 4.79. The summed E-state index contributed by atoms with van der Waals surface area (Å²) in [7, 11) is -3.15. The van der Waals surface area contributed by atoms with E-state index in [0.717, 1.165) is 44.3 Å². The predicted molar refractivity (Wildman–Crippen MR) is 126 cm³/mol. The average molecular weight is 447 g/mol. The Morgan fingerprint density at radius 3 is 1.90 bits per heavy atom. The maximum Gasteiger partial charge on any atom is 0.286 e. The molecule has 7 heteroatoms. The molecule has 0 spiro atoms. The summed E-state index contributed by atoms with van der Waals surface area (Å²) in [4.78, 5) is 15.6. The quantitative estimate of drug-likeness (QED) is 0.637. The van der Waals surface area contributed by atoms with Gasteiger partial charge in [-0.1, -0.05) is 43.2 Å². The minimum atomic E-state index is -3.15. The highest BCUT2D eigenvalue weighted by atomic mass is 31.2. The molecule has 3 fully saturated rings. The molecule has 1 aliphatic carbocycles. The molecule has 1 aromatic rings. The zero-order valence-electron chi connectivity index (χ0n) is 19.5. The molecule has 1 N–H and O–H groups in total. The second-order valence-electron chi connectivity index (χ2n) is 9.92. The van der Waals surface area contributed by atoms with Gasteiger partial charge in [0.05, 0.1) is 0 Å². The van der Waals surface area contributed by atoms with Gasteiger partial charge in [-0.25, -0.2) is 14.4 Å². The van der Waals surface area contributed by atoms with Crippen LogP contribution in [0, 0.1) is 0 Å². The molecule has 3 atom stereocenters. The highest BCUT2D eigenvalue weighted by molar-refractivity contribution is 7.57.